The molecule has 0 fully saturated rings. The molecule has 1 heterocycles. The second kappa shape index (κ2) is 7.40. The van der Waals surface area contributed by atoms with Gasteiger partial charge in [-0.1, -0.05) is 54.6 Å². The fourth-order valence-electron chi connectivity index (χ4n) is 4.55. The molecule has 0 saturated heterocycles. The van der Waals surface area contributed by atoms with E-state index in [4.69, 9.17) is 4.74 Å². The molecule has 0 radical (unpaired) electrons. The van der Waals surface area contributed by atoms with E-state index in [-0.39, 0.29) is 48.1 Å². The fourth-order valence-corrected chi connectivity index (χ4v) is 4.55. The Morgan fingerprint density at radius 2 is 1.52 bits per heavy atom. The highest BCUT2D eigenvalue weighted by molar-refractivity contribution is 6.12. The minimum atomic E-state index is -1.19. The number of para-hydroxylation sites is 1. The highest BCUT2D eigenvalue weighted by atomic mass is 16.6. The summed E-state index contributed by atoms with van der Waals surface area (Å²) in [5, 5.41) is 9.56. The molecule has 0 atom stereocenters. The van der Waals surface area contributed by atoms with Gasteiger partial charge in [0.25, 0.3) is 0 Å². The van der Waals surface area contributed by atoms with Crippen LogP contribution in [0.4, 0.5) is 10.5 Å². The number of benzene rings is 3. The predicted octanol–water partition coefficient (Wildman–Crippen LogP) is 4.73. The number of Topliss-reactive ketones (excluding diaryl/α,β-unsaturated/α-hetero) is 1. The summed E-state index contributed by atoms with van der Waals surface area (Å²) in [7, 11) is 0. The zero-order valence-corrected chi connectivity index (χ0v) is 16.6. The highest BCUT2D eigenvalue weighted by Gasteiger charge is 2.34. The quantitative estimate of drug-likeness (QED) is 0.671. The van der Waals surface area contributed by atoms with E-state index in [1.165, 1.54) is 17.0 Å². The fraction of sp³-hybridized carbons (Fsp3) is 0.160. The molecule has 3 aromatic rings. The third-order valence-corrected chi connectivity index (χ3v) is 5.96. The van der Waals surface area contributed by atoms with Crippen molar-refractivity contribution in [1.29, 1.82) is 0 Å². The number of hydrogen-bond acceptors (Lipinski definition) is 4. The number of ketones is 1. The summed E-state index contributed by atoms with van der Waals surface area (Å²) in [6, 6.07) is 20.5. The van der Waals surface area contributed by atoms with Crippen molar-refractivity contribution in [2.45, 2.75) is 12.3 Å². The van der Waals surface area contributed by atoms with Crippen molar-refractivity contribution in [2.24, 2.45) is 0 Å². The normalized spacial score (nSPS) is 14.6. The van der Waals surface area contributed by atoms with Crippen LogP contribution in [0.1, 0.15) is 44.2 Å². The highest BCUT2D eigenvalue weighted by Crippen LogP contribution is 2.44. The predicted molar refractivity (Wildman–Crippen MR) is 115 cm³/mol. The number of anilines is 1. The van der Waals surface area contributed by atoms with Gasteiger partial charge < -0.3 is 9.84 Å². The van der Waals surface area contributed by atoms with E-state index in [1.54, 1.807) is 6.07 Å². The van der Waals surface area contributed by atoms with E-state index in [9.17, 15) is 19.5 Å². The zero-order chi connectivity index (χ0) is 21.5. The minimum Gasteiger partial charge on any atom is -0.478 e. The second-order valence-corrected chi connectivity index (χ2v) is 7.64. The molecular formula is C25H19NO5. The molecule has 6 heteroatoms. The van der Waals surface area contributed by atoms with Gasteiger partial charge in [0.05, 0.1) is 11.3 Å². The Balaban J connectivity index is 1.44. The number of fused-ring (bicyclic) bond motifs is 4. The van der Waals surface area contributed by atoms with Gasteiger partial charge in [0, 0.05) is 24.4 Å². The number of rotatable bonds is 3. The molecule has 1 aliphatic carbocycles. The van der Waals surface area contributed by atoms with Crippen LogP contribution in [-0.2, 0) is 4.74 Å². The van der Waals surface area contributed by atoms with Crippen molar-refractivity contribution < 1.29 is 24.2 Å². The summed E-state index contributed by atoms with van der Waals surface area (Å²) in [5.41, 5.74) is 4.71. The first-order chi connectivity index (χ1) is 15.1. The SMILES string of the molecule is O=C(O)c1cccc2c1N(C(=O)OCC1c3ccccc3-c3ccccc31)CCC2=O. The maximum absolute atomic E-state index is 13.0. The Bertz CT molecular complexity index is 1170. The lowest BCUT2D eigenvalue weighted by Crippen LogP contribution is -2.39. The molecule has 154 valence electrons. The molecule has 0 saturated carbocycles. The number of carboxylic acids is 1. The maximum atomic E-state index is 13.0. The summed E-state index contributed by atoms with van der Waals surface area (Å²) in [4.78, 5) is 38.3. The summed E-state index contributed by atoms with van der Waals surface area (Å²) in [5.74, 6) is -1.47. The van der Waals surface area contributed by atoms with Gasteiger partial charge in [-0.3, -0.25) is 9.69 Å². The van der Waals surface area contributed by atoms with Gasteiger partial charge in [0.15, 0.2) is 5.78 Å². The van der Waals surface area contributed by atoms with Gasteiger partial charge in [-0.2, -0.15) is 0 Å². The molecular weight excluding hydrogens is 394 g/mol. The molecule has 1 aliphatic heterocycles. The molecule has 1 amide bonds. The van der Waals surface area contributed by atoms with E-state index >= 15 is 0 Å². The third-order valence-electron chi connectivity index (χ3n) is 5.96. The molecule has 6 nitrogen and oxygen atoms in total. The van der Waals surface area contributed by atoms with Crippen LogP contribution in [0.15, 0.2) is 66.7 Å². The van der Waals surface area contributed by atoms with Gasteiger partial charge in [-0.15, -0.1) is 0 Å². The first kappa shape index (κ1) is 19.1. The van der Waals surface area contributed by atoms with E-state index in [2.05, 4.69) is 12.1 Å². The van der Waals surface area contributed by atoms with E-state index < -0.39 is 12.1 Å². The number of carbonyl (C=O) groups excluding carboxylic acids is 2. The van der Waals surface area contributed by atoms with Crippen LogP contribution >= 0.6 is 0 Å². The Morgan fingerprint density at radius 3 is 2.16 bits per heavy atom. The first-order valence-electron chi connectivity index (χ1n) is 10.1. The smallest absolute Gasteiger partial charge is 0.414 e. The molecule has 0 aromatic heterocycles. The van der Waals surface area contributed by atoms with Crippen molar-refractivity contribution in [3.05, 3.63) is 89.0 Å². The molecule has 3 aromatic carbocycles. The molecule has 0 bridgehead atoms. The number of carbonyl (C=O) groups is 3. The lowest BCUT2D eigenvalue weighted by Gasteiger charge is -2.29. The molecule has 5 rings (SSSR count). The Morgan fingerprint density at radius 1 is 0.903 bits per heavy atom. The standard InChI is InChI=1S/C25H19NO5/c27-22-12-13-26(23-19(22)10-5-11-20(23)24(28)29)25(30)31-14-21-17-8-3-1-6-15(17)16-7-2-4-9-18(16)21/h1-11,21H,12-14H2,(H,28,29). The van der Waals surface area contributed by atoms with Crippen LogP contribution in [0.25, 0.3) is 11.1 Å². The Kier molecular flexibility index (Phi) is 4.55. The summed E-state index contributed by atoms with van der Waals surface area (Å²) < 4.78 is 5.69. The van der Waals surface area contributed by atoms with Gasteiger partial charge >= 0.3 is 12.1 Å². The van der Waals surface area contributed by atoms with Crippen molar-refractivity contribution in [3.63, 3.8) is 0 Å². The zero-order valence-electron chi connectivity index (χ0n) is 16.6. The van der Waals surface area contributed by atoms with Crippen molar-refractivity contribution in [3.8, 4) is 11.1 Å². The van der Waals surface area contributed by atoms with E-state index in [0.717, 1.165) is 22.3 Å². The van der Waals surface area contributed by atoms with Gasteiger partial charge in [0.1, 0.15) is 6.61 Å². The van der Waals surface area contributed by atoms with E-state index in [1.807, 2.05) is 36.4 Å². The monoisotopic (exact) mass is 413 g/mol. The van der Waals surface area contributed by atoms with Crippen molar-refractivity contribution in [1.82, 2.24) is 0 Å². The number of carboxylic acid groups (broad SMARTS) is 1. The van der Waals surface area contributed by atoms with Crippen molar-refractivity contribution in [2.75, 3.05) is 18.1 Å². The average molecular weight is 413 g/mol. The van der Waals surface area contributed by atoms with E-state index in [0.29, 0.717) is 0 Å². The maximum Gasteiger partial charge on any atom is 0.414 e. The summed E-state index contributed by atoms with van der Waals surface area (Å²) in [6.07, 6.45) is -0.524. The molecule has 0 spiro atoms. The third kappa shape index (κ3) is 3.08. The average Bonchev–Trinajstić information content (AvgIpc) is 3.11. The van der Waals surface area contributed by atoms with Crippen LogP contribution in [-0.4, -0.2) is 36.1 Å². The molecule has 0 unspecified atom stereocenters. The van der Waals surface area contributed by atoms with Crippen LogP contribution in [0.5, 0.6) is 0 Å². The number of aromatic carboxylic acids is 1. The topological polar surface area (TPSA) is 83.9 Å². The minimum absolute atomic E-state index is 0.0842. The summed E-state index contributed by atoms with van der Waals surface area (Å²) in [6.45, 7) is 0.217. The first-order valence-corrected chi connectivity index (χ1v) is 10.1. The number of hydrogen-bond donors (Lipinski definition) is 1. The number of ether oxygens (including phenoxy) is 1. The molecule has 31 heavy (non-hydrogen) atoms. The van der Waals surface area contributed by atoms with Gasteiger partial charge in [-0.05, 0) is 34.4 Å². The number of amides is 1. The lowest BCUT2D eigenvalue weighted by atomic mass is 9.96. The summed E-state index contributed by atoms with van der Waals surface area (Å²) >= 11 is 0. The van der Waals surface area contributed by atoms with Crippen LogP contribution in [0, 0.1) is 0 Å². The Labute approximate surface area is 178 Å². The van der Waals surface area contributed by atoms with Crippen LogP contribution in [0.2, 0.25) is 0 Å². The van der Waals surface area contributed by atoms with Gasteiger partial charge in [0.2, 0.25) is 0 Å². The lowest BCUT2D eigenvalue weighted by molar-refractivity contribution is 0.0697. The van der Waals surface area contributed by atoms with Gasteiger partial charge in [-0.25, -0.2) is 9.59 Å². The van der Waals surface area contributed by atoms with Crippen LogP contribution < -0.4 is 4.90 Å². The number of nitrogens with zero attached hydrogens (tertiary/aromatic N) is 1. The van der Waals surface area contributed by atoms with Crippen LogP contribution in [0.3, 0.4) is 0 Å². The Hall–Kier alpha value is -3.93. The second-order valence-electron chi connectivity index (χ2n) is 7.64. The van der Waals surface area contributed by atoms with Crippen molar-refractivity contribution >= 4 is 23.5 Å². The molecule has 2 aliphatic rings. The molecule has 1 N–H and O–H groups in total. The largest absolute Gasteiger partial charge is 0.478 e.